The second-order valence-electron chi connectivity index (χ2n) is 5.88. The molecule has 2 aromatic rings. The van der Waals surface area contributed by atoms with E-state index < -0.39 is 23.2 Å². The molecule has 0 aliphatic carbocycles. The van der Waals surface area contributed by atoms with Gasteiger partial charge in [-0.15, -0.1) is 0 Å². The molecule has 5 nitrogen and oxygen atoms in total. The van der Waals surface area contributed by atoms with E-state index in [1.807, 2.05) is 6.92 Å². The van der Waals surface area contributed by atoms with Crippen LogP contribution in [-0.4, -0.2) is 21.2 Å². The van der Waals surface area contributed by atoms with Crippen molar-refractivity contribution >= 4 is 23.5 Å². The molecule has 3 rings (SSSR count). The highest BCUT2D eigenvalue weighted by Crippen LogP contribution is 2.37. The van der Waals surface area contributed by atoms with E-state index >= 15 is 0 Å². The van der Waals surface area contributed by atoms with E-state index in [9.17, 15) is 22.8 Å². The molecule has 138 valence electrons. The first-order valence-corrected chi connectivity index (χ1v) is 8.91. The first-order valence-electron chi connectivity index (χ1n) is 7.93. The largest absolute Gasteiger partial charge is 0.416 e. The van der Waals surface area contributed by atoms with E-state index in [4.69, 9.17) is 0 Å². The monoisotopic (exact) mass is 383 g/mol. The summed E-state index contributed by atoms with van der Waals surface area (Å²) < 4.78 is 39.9. The van der Waals surface area contributed by atoms with Crippen molar-refractivity contribution in [2.24, 2.45) is 7.05 Å². The fourth-order valence-corrected chi connectivity index (χ4v) is 3.67. The van der Waals surface area contributed by atoms with Crippen LogP contribution < -0.4 is 10.9 Å². The zero-order chi connectivity index (χ0) is 19.1. The molecular weight excluding hydrogens is 367 g/mol. The molecule has 1 aliphatic rings. The molecular formula is C17H16F3N3O2S. The number of amides is 1. The van der Waals surface area contributed by atoms with Gasteiger partial charge in [-0.1, -0.05) is 30.8 Å². The molecule has 0 radical (unpaired) electrons. The lowest BCUT2D eigenvalue weighted by Gasteiger charge is -2.27. The lowest BCUT2D eigenvalue weighted by molar-refractivity contribution is -0.137. The predicted octanol–water partition coefficient (Wildman–Crippen LogP) is 3.39. The molecule has 26 heavy (non-hydrogen) atoms. The Morgan fingerprint density at radius 2 is 1.92 bits per heavy atom. The van der Waals surface area contributed by atoms with Gasteiger partial charge in [-0.25, -0.2) is 0 Å². The molecule has 1 aromatic heterocycles. The molecule has 2 heterocycles. The lowest BCUT2D eigenvalue weighted by atomic mass is 9.86. The Morgan fingerprint density at radius 3 is 2.50 bits per heavy atom. The van der Waals surface area contributed by atoms with Crippen LogP contribution in [0.2, 0.25) is 0 Å². The standard InChI is InChI=1S/C17H16F3N3O2S/c1-3-26-16-22-15(25)13-11(8-12(24)21-14(13)23(16)2)9-4-6-10(7-5-9)17(18,19)20/h4-7,11H,3,8H2,1-2H3,(H,21,24)/t11-/m0/s1. The van der Waals surface area contributed by atoms with Gasteiger partial charge in [0.05, 0.1) is 11.1 Å². The Kier molecular flexibility index (Phi) is 4.83. The summed E-state index contributed by atoms with van der Waals surface area (Å²) in [4.78, 5) is 28.8. The highest BCUT2D eigenvalue weighted by molar-refractivity contribution is 7.99. The van der Waals surface area contributed by atoms with Crippen molar-refractivity contribution in [1.29, 1.82) is 0 Å². The van der Waals surface area contributed by atoms with Crippen LogP contribution in [0.4, 0.5) is 19.0 Å². The second kappa shape index (κ2) is 6.79. The normalized spacial score (nSPS) is 17.0. The third kappa shape index (κ3) is 3.35. The van der Waals surface area contributed by atoms with Gasteiger partial charge in [-0.2, -0.15) is 18.2 Å². The highest BCUT2D eigenvalue weighted by Gasteiger charge is 2.34. The average Bonchev–Trinajstić information content (AvgIpc) is 2.58. The summed E-state index contributed by atoms with van der Waals surface area (Å²) in [6.07, 6.45) is -4.46. The van der Waals surface area contributed by atoms with Gasteiger partial charge in [0, 0.05) is 19.4 Å². The van der Waals surface area contributed by atoms with Gasteiger partial charge in [-0.05, 0) is 23.4 Å². The molecule has 0 unspecified atom stereocenters. The van der Waals surface area contributed by atoms with Crippen molar-refractivity contribution in [3.8, 4) is 0 Å². The molecule has 0 fully saturated rings. The first-order chi connectivity index (χ1) is 12.2. The topological polar surface area (TPSA) is 64.0 Å². The van der Waals surface area contributed by atoms with Crippen molar-refractivity contribution < 1.29 is 18.0 Å². The van der Waals surface area contributed by atoms with Gasteiger partial charge < -0.3 is 9.88 Å². The fourth-order valence-electron chi connectivity index (χ4n) is 2.98. The summed E-state index contributed by atoms with van der Waals surface area (Å²) in [7, 11) is 1.69. The number of aromatic nitrogens is 2. The quantitative estimate of drug-likeness (QED) is 0.652. The summed E-state index contributed by atoms with van der Waals surface area (Å²) in [6.45, 7) is 1.92. The average molecular weight is 383 g/mol. The summed E-state index contributed by atoms with van der Waals surface area (Å²) in [6, 6.07) is 4.54. The number of halogens is 3. The van der Waals surface area contributed by atoms with Crippen molar-refractivity contribution in [3.63, 3.8) is 0 Å². The van der Waals surface area contributed by atoms with Crippen LogP contribution in [0.15, 0.2) is 34.2 Å². The second-order valence-corrected chi connectivity index (χ2v) is 7.11. The Hall–Kier alpha value is -2.29. The van der Waals surface area contributed by atoms with E-state index in [1.165, 1.54) is 23.9 Å². The Morgan fingerprint density at radius 1 is 1.27 bits per heavy atom. The van der Waals surface area contributed by atoms with E-state index in [0.717, 1.165) is 12.1 Å². The van der Waals surface area contributed by atoms with E-state index in [1.54, 1.807) is 11.6 Å². The number of thioether (sulfide) groups is 1. The number of nitrogens with one attached hydrogen (secondary N) is 1. The van der Waals surface area contributed by atoms with Gasteiger partial charge in [0.25, 0.3) is 5.56 Å². The van der Waals surface area contributed by atoms with Crippen molar-refractivity contribution in [2.45, 2.75) is 30.6 Å². The number of anilines is 1. The van der Waals surface area contributed by atoms with Crippen LogP contribution in [0.5, 0.6) is 0 Å². The van der Waals surface area contributed by atoms with Crippen molar-refractivity contribution in [2.75, 3.05) is 11.1 Å². The number of carbonyl (C=O) groups is 1. The van der Waals surface area contributed by atoms with Gasteiger partial charge in [0.2, 0.25) is 5.91 Å². The first kappa shape index (κ1) is 18.5. The van der Waals surface area contributed by atoms with E-state index in [-0.39, 0.29) is 12.3 Å². The van der Waals surface area contributed by atoms with Crippen LogP contribution in [0, 0.1) is 0 Å². The highest BCUT2D eigenvalue weighted by atomic mass is 32.2. The molecule has 1 atom stereocenters. The lowest BCUT2D eigenvalue weighted by Crippen LogP contribution is -2.33. The smallest absolute Gasteiger partial charge is 0.312 e. The molecule has 0 saturated carbocycles. The minimum atomic E-state index is -4.44. The Labute approximate surface area is 151 Å². The Bertz CT molecular complexity index is 907. The Balaban J connectivity index is 2.11. The van der Waals surface area contributed by atoms with Crippen LogP contribution in [0.1, 0.15) is 36.0 Å². The predicted molar refractivity (Wildman–Crippen MR) is 92.4 cm³/mol. The number of hydrogen-bond donors (Lipinski definition) is 1. The van der Waals surface area contributed by atoms with E-state index in [0.29, 0.717) is 27.9 Å². The third-order valence-electron chi connectivity index (χ3n) is 4.21. The van der Waals surface area contributed by atoms with Crippen LogP contribution >= 0.6 is 11.8 Å². The van der Waals surface area contributed by atoms with Crippen LogP contribution in [0.3, 0.4) is 0 Å². The number of alkyl halides is 3. The molecule has 0 saturated heterocycles. The van der Waals surface area contributed by atoms with E-state index in [2.05, 4.69) is 10.3 Å². The zero-order valence-corrected chi connectivity index (χ0v) is 14.9. The number of carbonyl (C=O) groups excluding carboxylic acids is 1. The summed E-state index contributed by atoms with van der Waals surface area (Å²) in [5, 5.41) is 3.17. The summed E-state index contributed by atoms with van der Waals surface area (Å²) >= 11 is 1.37. The molecule has 1 aliphatic heterocycles. The SMILES string of the molecule is CCSc1nc(=O)c2c(n1C)NC(=O)C[C@H]2c1ccc(C(F)(F)F)cc1. The minimum Gasteiger partial charge on any atom is -0.312 e. The molecule has 1 aromatic carbocycles. The number of hydrogen-bond acceptors (Lipinski definition) is 4. The zero-order valence-electron chi connectivity index (χ0n) is 14.1. The van der Waals surface area contributed by atoms with Crippen molar-refractivity contribution in [1.82, 2.24) is 9.55 Å². The van der Waals surface area contributed by atoms with Gasteiger partial charge in [0.15, 0.2) is 5.16 Å². The summed E-state index contributed by atoms with van der Waals surface area (Å²) in [5.41, 5.74) is -0.474. The number of benzene rings is 1. The fraction of sp³-hybridized carbons (Fsp3) is 0.353. The number of nitrogens with zero attached hydrogens (tertiary/aromatic N) is 2. The number of rotatable bonds is 3. The molecule has 0 bridgehead atoms. The molecule has 1 N–H and O–H groups in total. The van der Waals surface area contributed by atoms with Gasteiger partial charge in [-0.3, -0.25) is 9.59 Å². The molecule has 0 spiro atoms. The van der Waals surface area contributed by atoms with Crippen molar-refractivity contribution in [3.05, 3.63) is 51.3 Å². The van der Waals surface area contributed by atoms with Gasteiger partial charge in [0.1, 0.15) is 5.82 Å². The maximum absolute atomic E-state index is 12.8. The maximum Gasteiger partial charge on any atom is 0.416 e. The molecule has 1 amide bonds. The number of fused-ring (bicyclic) bond motifs is 1. The van der Waals surface area contributed by atoms with Crippen LogP contribution in [0.25, 0.3) is 0 Å². The molecule has 9 heteroatoms. The maximum atomic E-state index is 12.8. The third-order valence-corrected chi connectivity index (χ3v) is 5.13. The van der Waals surface area contributed by atoms with Crippen LogP contribution in [-0.2, 0) is 18.0 Å². The van der Waals surface area contributed by atoms with Gasteiger partial charge >= 0.3 is 6.18 Å². The summed E-state index contributed by atoms with van der Waals surface area (Å²) in [5.74, 6) is 0.126. The minimum absolute atomic E-state index is 0.0183.